The van der Waals surface area contributed by atoms with Crippen molar-refractivity contribution in [1.29, 1.82) is 0 Å². The maximum atomic E-state index is 12.4. The number of rotatable bonds is 4. The number of alkyl carbamates (subject to hydrolysis) is 1. The summed E-state index contributed by atoms with van der Waals surface area (Å²) in [5.41, 5.74) is 4.51. The average Bonchev–Trinajstić information content (AvgIpc) is 3.02. The van der Waals surface area contributed by atoms with Gasteiger partial charge in [0.15, 0.2) is 0 Å². The molecule has 3 aromatic heterocycles. The van der Waals surface area contributed by atoms with Crippen LogP contribution in [0, 0.1) is 0 Å². The first-order chi connectivity index (χ1) is 15.3. The van der Waals surface area contributed by atoms with Crippen LogP contribution in [0.5, 0.6) is 0 Å². The molecule has 0 radical (unpaired) electrons. The first-order valence-corrected chi connectivity index (χ1v) is 11.0. The molecule has 0 saturated heterocycles. The first kappa shape index (κ1) is 21.8. The maximum absolute atomic E-state index is 12.4. The van der Waals surface area contributed by atoms with Gasteiger partial charge in [-0.3, -0.25) is 9.67 Å². The van der Waals surface area contributed by atoms with Gasteiger partial charge in [-0.1, -0.05) is 6.42 Å². The number of hydrogen-bond acceptors (Lipinski definition) is 6. The molecule has 0 saturated carbocycles. The molecule has 8 heteroatoms. The number of anilines is 2. The van der Waals surface area contributed by atoms with Crippen molar-refractivity contribution in [1.82, 2.24) is 25.1 Å². The minimum absolute atomic E-state index is 0.0934. The summed E-state index contributed by atoms with van der Waals surface area (Å²) in [6.07, 6.45) is 10.9. The Kier molecular flexibility index (Phi) is 6.12. The van der Waals surface area contributed by atoms with Crippen LogP contribution in [0.25, 0.3) is 11.3 Å². The Labute approximate surface area is 188 Å². The fraction of sp³-hybridized carbons (Fsp3) is 0.417. The second kappa shape index (κ2) is 8.98. The lowest BCUT2D eigenvalue weighted by molar-refractivity contribution is 0.0501. The van der Waals surface area contributed by atoms with Gasteiger partial charge in [-0.2, -0.15) is 5.10 Å². The van der Waals surface area contributed by atoms with Crippen LogP contribution in [0.3, 0.4) is 0 Å². The zero-order chi connectivity index (χ0) is 22.7. The third-order valence-electron chi connectivity index (χ3n) is 5.31. The Hall–Kier alpha value is -3.42. The summed E-state index contributed by atoms with van der Waals surface area (Å²) < 4.78 is 7.20. The number of pyridine rings is 2. The normalized spacial score (nSPS) is 16.1. The van der Waals surface area contributed by atoms with E-state index in [1.165, 1.54) is 5.56 Å². The summed E-state index contributed by atoms with van der Waals surface area (Å²) in [6, 6.07) is 5.97. The minimum atomic E-state index is -0.525. The van der Waals surface area contributed by atoms with Crippen molar-refractivity contribution in [3.63, 3.8) is 0 Å². The molecule has 1 atom stereocenters. The molecule has 2 N–H and O–H groups in total. The second-order valence-electron chi connectivity index (χ2n) is 9.17. The quantitative estimate of drug-likeness (QED) is 0.567. The van der Waals surface area contributed by atoms with Crippen LogP contribution < -0.4 is 10.6 Å². The largest absolute Gasteiger partial charge is 0.444 e. The van der Waals surface area contributed by atoms with Crippen LogP contribution >= 0.6 is 0 Å². The van der Waals surface area contributed by atoms with E-state index in [9.17, 15) is 4.79 Å². The maximum Gasteiger partial charge on any atom is 0.408 e. The van der Waals surface area contributed by atoms with Gasteiger partial charge in [0.2, 0.25) is 0 Å². The number of amides is 1. The highest BCUT2D eigenvalue weighted by Crippen LogP contribution is 2.31. The van der Waals surface area contributed by atoms with Crippen molar-refractivity contribution >= 4 is 17.6 Å². The molecule has 0 bridgehead atoms. The fourth-order valence-corrected chi connectivity index (χ4v) is 3.91. The van der Waals surface area contributed by atoms with Crippen molar-refractivity contribution in [2.75, 3.05) is 5.32 Å². The topological polar surface area (TPSA) is 94.0 Å². The molecule has 0 fully saturated rings. The molecule has 8 nitrogen and oxygen atoms in total. The molecule has 32 heavy (non-hydrogen) atoms. The van der Waals surface area contributed by atoms with E-state index in [0.717, 1.165) is 54.0 Å². The standard InChI is InChI=1S/C24H30N6O2/c1-24(2,3)32-23(31)29-20-8-6-5-7-16-11-21(26-14-19(16)20)17-9-10-25-22(12-17)28-18-13-27-30(4)15-18/h9-15,20H,5-8H2,1-4H3,(H,25,28)(H,29,31). The van der Waals surface area contributed by atoms with Crippen LogP contribution in [0.4, 0.5) is 16.3 Å². The third-order valence-corrected chi connectivity index (χ3v) is 5.31. The zero-order valence-electron chi connectivity index (χ0n) is 19.1. The molecule has 3 aromatic rings. The molecule has 168 valence electrons. The van der Waals surface area contributed by atoms with Gasteiger partial charge in [0.05, 0.1) is 23.6 Å². The van der Waals surface area contributed by atoms with E-state index in [1.807, 2.05) is 52.3 Å². The Morgan fingerprint density at radius 2 is 2.03 bits per heavy atom. The minimum Gasteiger partial charge on any atom is -0.444 e. The number of fused-ring (bicyclic) bond motifs is 1. The van der Waals surface area contributed by atoms with E-state index < -0.39 is 5.60 Å². The average molecular weight is 435 g/mol. The molecule has 3 heterocycles. The number of ether oxygens (including phenoxy) is 1. The molecule has 4 rings (SSSR count). The van der Waals surface area contributed by atoms with Crippen molar-refractivity contribution in [3.8, 4) is 11.3 Å². The Bertz CT molecular complexity index is 1100. The number of nitrogens with zero attached hydrogens (tertiary/aromatic N) is 4. The highest BCUT2D eigenvalue weighted by atomic mass is 16.6. The smallest absolute Gasteiger partial charge is 0.408 e. The molecule has 0 aliphatic heterocycles. The number of carbonyl (C=O) groups is 1. The van der Waals surface area contributed by atoms with Crippen molar-refractivity contribution in [2.45, 2.75) is 58.1 Å². The van der Waals surface area contributed by atoms with Crippen LogP contribution in [0.15, 0.2) is 43.0 Å². The lowest BCUT2D eigenvalue weighted by atomic mass is 9.99. The number of carbonyl (C=O) groups excluding carboxylic acids is 1. The van der Waals surface area contributed by atoms with E-state index in [2.05, 4.69) is 26.8 Å². The summed E-state index contributed by atoms with van der Waals surface area (Å²) in [7, 11) is 1.87. The second-order valence-corrected chi connectivity index (χ2v) is 9.17. The third kappa shape index (κ3) is 5.43. The van der Waals surface area contributed by atoms with Gasteiger partial charge < -0.3 is 15.4 Å². The SMILES string of the molecule is Cn1cc(Nc2cc(-c3cc4c(cn3)C(NC(=O)OC(C)(C)C)CCCC4)ccn2)cn1. The van der Waals surface area contributed by atoms with E-state index in [-0.39, 0.29) is 12.1 Å². The summed E-state index contributed by atoms with van der Waals surface area (Å²) in [5.74, 6) is 0.733. The number of aryl methyl sites for hydroxylation is 2. The number of nitrogens with one attached hydrogen (secondary N) is 2. The van der Waals surface area contributed by atoms with E-state index >= 15 is 0 Å². The monoisotopic (exact) mass is 434 g/mol. The van der Waals surface area contributed by atoms with Gasteiger partial charge in [0, 0.05) is 31.2 Å². The lowest BCUT2D eigenvalue weighted by Crippen LogP contribution is -2.35. The first-order valence-electron chi connectivity index (χ1n) is 11.0. The predicted molar refractivity (Wildman–Crippen MR) is 124 cm³/mol. The summed E-state index contributed by atoms with van der Waals surface area (Å²) in [5, 5.41) is 10.5. The van der Waals surface area contributed by atoms with E-state index in [1.54, 1.807) is 17.1 Å². The fourth-order valence-electron chi connectivity index (χ4n) is 3.91. The summed E-state index contributed by atoms with van der Waals surface area (Å²) in [4.78, 5) is 21.5. The van der Waals surface area contributed by atoms with Gasteiger partial charge in [-0.25, -0.2) is 9.78 Å². The molecule has 0 aromatic carbocycles. The van der Waals surface area contributed by atoms with Gasteiger partial charge >= 0.3 is 6.09 Å². The van der Waals surface area contributed by atoms with Crippen molar-refractivity contribution in [3.05, 3.63) is 54.1 Å². The van der Waals surface area contributed by atoms with Gasteiger partial charge in [0.1, 0.15) is 11.4 Å². The van der Waals surface area contributed by atoms with Crippen molar-refractivity contribution < 1.29 is 9.53 Å². The van der Waals surface area contributed by atoms with E-state index in [4.69, 9.17) is 9.72 Å². The van der Waals surface area contributed by atoms with Gasteiger partial charge in [0.25, 0.3) is 0 Å². The molecule has 1 unspecified atom stereocenters. The number of aromatic nitrogens is 4. The van der Waals surface area contributed by atoms with Crippen LogP contribution in [-0.4, -0.2) is 31.4 Å². The molecule has 1 aliphatic rings. The van der Waals surface area contributed by atoms with Gasteiger partial charge in [-0.15, -0.1) is 0 Å². The van der Waals surface area contributed by atoms with Crippen LogP contribution in [0.1, 0.15) is 57.2 Å². The van der Waals surface area contributed by atoms with Crippen LogP contribution in [-0.2, 0) is 18.2 Å². The highest BCUT2D eigenvalue weighted by molar-refractivity contribution is 5.69. The molecule has 1 amide bonds. The highest BCUT2D eigenvalue weighted by Gasteiger charge is 2.24. The van der Waals surface area contributed by atoms with Crippen LogP contribution in [0.2, 0.25) is 0 Å². The molecule has 0 spiro atoms. The van der Waals surface area contributed by atoms with E-state index in [0.29, 0.717) is 0 Å². The Balaban J connectivity index is 1.56. The molecular formula is C24H30N6O2. The summed E-state index contributed by atoms with van der Waals surface area (Å²) >= 11 is 0. The predicted octanol–water partition coefficient (Wildman–Crippen LogP) is 4.91. The zero-order valence-corrected chi connectivity index (χ0v) is 19.1. The Morgan fingerprint density at radius 3 is 2.78 bits per heavy atom. The lowest BCUT2D eigenvalue weighted by Gasteiger charge is -2.24. The summed E-state index contributed by atoms with van der Waals surface area (Å²) in [6.45, 7) is 5.61. The molecular weight excluding hydrogens is 404 g/mol. The van der Waals surface area contributed by atoms with Crippen molar-refractivity contribution in [2.24, 2.45) is 7.05 Å². The number of hydrogen-bond donors (Lipinski definition) is 2. The molecule has 1 aliphatic carbocycles. The van der Waals surface area contributed by atoms with Gasteiger partial charge in [-0.05, 0) is 69.4 Å². The Morgan fingerprint density at radius 1 is 1.19 bits per heavy atom.